The Kier molecular flexibility index (Phi) is 3.01. The number of likely N-dealkylation sites (tertiary alicyclic amines) is 1. The Labute approximate surface area is 91.5 Å². The molecule has 1 aliphatic heterocycles. The average molecular weight is 211 g/mol. The second-order valence-corrected chi connectivity index (χ2v) is 5.38. The van der Waals surface area contributed by atoms with Crippen molar-refractivity contribution >= 4 is 5.97 Å². The van der Waals surface area contributed by atoms with Crippen LogP contribution in [0.4, 0.5) is 0 Å². The zero-order valence-corrected chi connectivity index (χ0v) is 9.54. The monoisotopic (exact) mass is 211 g/mol. The zero-order valence-electron chi connectivity index (χ0n) is 9.54. The van der Waals surface area contributed by atoms with Crippen molar-refractivity contribution in [2.24, 2.45) is 5.41 Å². The summed E-state index contributed by atoms with van der Waals surface area (Å²) >= 11 is 0. The highest BCUT2D eigenvalue weighted by Gasteiger charge is 2.40. The van der Waals surface area contributed by atoms with Crippen molar-refractivity contribution in [3.05, 3.63) is 0 Å². The molecule has 0 aromatic carbocycles. The molecule has 0 amide bonds. The van der Waals surface area contributed by atoms with E-state index in [0.717, 1.165) is 25.9 Å². The molecule has 0 spiro atoms. The van der Waals surface area contributed by atoms with Gasteiger partial charge in [0.25, 0.3) is 0 Å². The summed E-state index contributed by atoms with van der Waals surface area (Å²) in [6.07, 6.45) is 7.08. The number of piperidine rings is 1. The first kappa shape index (κ1) is 10.9. The lowest BCUT2D eigenvalue weighted by atomic mass is 9.81. The van der Waals surface area contributed by atoms with Crippen molar-refractivity contribution in [2.75, 3.05) is 13.1 Å². The Morgan fingerprint density at radius 2 is 2.00 bits per heavy atom. The summed E-state index contributed by atoms with van der Waals surface area (Å²) in [5.41, 5.74) is -0.499. The third-order valence-electron chi connectivity index (χ3n) is 4.08. The first-order valence-corrected chi connectivity index (χ1v) is 6.09. The van der Waals surface area contributed by atoms with Crippen LogP contribution in [0.1, 0.15) is 45.4 Å². The molecular weight excluding hydrogens is 190 g/mol. The first-order valence-electron chi connectivity index (χ1n) is 6.09. The van der Waals surface area contributed by atoms with Gasteiger partial charge in [0, 0.05) is 12.6 Å². The number of aliphatic carboxylic acids is 1. The van der Waals surface area contributed by atoms with Crippen LogP contribution in [-0.4, -0.2) is 35.1 Å². The summed E-state index contributed by atoms with van der Waals surface area (Å²) in [7, 11) is 0. The Hall–Kier alpha value is -0.570. The van der Waals surface area contributed by atoms with Crippen molar-refractivity contribution in [1.82, 2.24) is 4.90 Å². The molecule has 2 rings (SSSR count). The fourth-order valence-corrected chi connectivity index (χ4v) is 3.03. The van der Waals surface area contributed by atoms with E-state index in [0.29, 0.717) is 6.04 Å². The number of rotatable bonds is 2. The van der Waals surface area contributed by atoms with Gasteiger partial charge in [-0.05, 0) is 39.2 Å². The van der Waals surface area contributed by atoms with E-state index in [9.17, 15) is 9.90 Å². The molecule has 1 saturated carbocycles. The molecule has 2 aliphatic rings. The SMILES string of the molecule is CC1(C(=O)O)CCCN(C2CCCC2)C1. The highest BCUT2D eigenvalue weighted by atomic mass is 16.4. The molecule has 0 aromatic rings. The molecule has 86 valence electrons. The fraction of sp³-hybridized carbons (Fsp3) is 0.917. The van der Waals surface area contributed by atoms with Crippen LogP contribution in [0.25, 0.3) is 0 Å². The summed E-state index contributed by atoms with van der Waals surface area (Å²) in [5, 5.41) is 9.23. The Morgan fingerprint density at radius 1 is 1.33 bits per heavy atom. The molecular formula is C12H21NO2. The fourth-order valence-electron chi connectivity index (χ4n) is 3.03. The Bertz CT molecular complexity index is 248. The van der Waals surface area contributed by atoms with Crippen molar-refractivity contribution in [3.8, 4) is 0 Å². The predicted molar refractivity (Wildman–Crippen MR) is 58.8 cm³/mol. The van der Waals surface area contributed by atoms with Gasteiger partial charge in [-0.2, -0.15) is 0 Å². The Balaban J connectivity index is 2.00. The summed E-state index contributed by atoms with van der Waals surface area (Å²) in [4.78, 5) is 13.6. The molecule has 1 saturated heterocycles. The van der Waals surface area contributed by atoms with E-state index in [1.807, 2.05) is 6.92 Å². The van der Waals surface area contributed by atoms with Gasteiger partial charge < -0.3 is 5.11 Å². The van der Waals surface area contributed by atoms with Crippen LogP contribution in [0.5, 0.6) is 0 Å². The van der Waals surface area contributed by atoms with Crippen LogP contribution >= 0.6 is 0 Å². The molecule has 0 aromatic heterocycles. The van der Waals surface area contributed by atoms with E-state index < -0.39 is 11.4 Å². The second kappa shape index (κ2) is 4.12. The molecule has 3 nitrogen and oxygen atoms in total. The van der Waals surface area contributed by atoms with Gasteiger partial charge in [0.2, 0.25) is 0 Å². The van der Waals surface area contributed by atoms with Gasteiger partial charge in [-0.25, -0.2) is 0 Å². The average Bonchev–Trinajstić information content (AvgIpc) is 2.70. The van der Waals surface area contributed by atoms with Gasteiger partial charge >= 0.3 is 5.97 Å². The Morgan fingerprint density at radius 3 is 2.60 bits per heavy atom. The van der Waals surface area contributed by atoms with E-state index in [2.05, 4.69) is 4.90 Å². The van der Waals surface area contributed by atoms with E-state index >= 15 is 0 Å². The largest absolute Gasteiger partial charge is 0.481 e. The maximum absolute atomic E-state index is 11.2. The number of hydrogen-bond acceptors (Lipinski definition) is 2. The molecule has 1 atom stereocenters. The van der Waals surface area contributed by atoms with Crippen LogP contribution in [0.3, 0.4) is 0 Å². The van der Waals surface area contributed by atoms with Crippen molar-refractivity contribution < 1.29 is 9.90 Å². The van der Waals surface area contributed by atoms with Crippen molar-refractivity contribution in [2.45, 2.75) is 51.5 Å². The van der Waals surface area contributed by atoms with Gasteiger partial charge in [0.1, 0.15) is 0 Å². The van der Waals surface area contributed by atoms with Gasteiger partial charge in [0.05, 0.1) is 5.41 Å². The van der Waals surface area contributed by atoms with Gasteiger partial charge in [0.15, 0.2) is 0 Å². The number of nitrogens with zero attached hydrogens (tertiary/aromatic N) is 1. The van der Waals surface area contributed by atoms with Crippen molar-refractivity contribution in [1.29, 1.82) is 0 Å². The van der Waals surface area contributed by atoms with Gasteiger partial charge in [-0.3, -0.25) is 9.69 Å². The minimum Gasteiger partial charge on any atom is -0.481 e. The lowest BCUT2D eigenvalue weighted by Crippen LogP contribution is -2.49. The topological polar surface area (TPSA) is 40.5 Å². The molecule has 15 heavy (non-hydrogen) atoms. The van der Waals surface area contributed by atoms with Crippen LogP contribution in [-0.2, 0) is 4.79 Å². The predicted octanol–water partition coefficient (Wildman–Crippen LogP) is 2.12. The van der Waals surface area contributed by atoms with E-state index in [-0.39, 0.29) is 0 Å². The van der Waals surface area contributed by atoms with E-state index in [1.54, 1.807) is 0 Å². The number of carbonyl (C=O) groups is 1. The quantitative estimate of drug-likeness (QED) is 0.760. The van der Waals surface area contributed by atoms with Crippen LogP contribution < -0.4 is 0 Å². The van der Waals surface area contributed by atoms with Crippen LogP contribution in [0.2, 0.25) is 0 Å². The maximum Gasteiger partial charge on any atom is 0.310 e. The standard InChI is InChI=1S/C12H21NO2/c1-12(11(14)15)7-4-8-13(9-12)10-5-2-3-6-10/h10H,2-9H2,1H3,(H,14,15). The number of carboxylic acid groups (broad SMARTS) is 1. The van der Waals surface area contributed by atoms with E-state index in [1.165, 1.54) is 25.7 Å². The smallest absolute Gasteiger partial charge is 0.310 e. The minimum absolute atomic E-state index is 0.499. The zero-order chi connectivity index (χ0) is 10.9. The highest BCUT2D eigenvalue weighted by Crippen LogP contribution is 2.34. The second-order valence-electron chi connectivity index (χ2n) is 5.38. The first-order chi connectivity index (χ1) is 7.12. The van der Waals surface area contributed by atoms with Gasteiger partial charge in [-0.15, -0.1) is 0 Å². The number of carboxylic acids is 1. The summed E-state index contributed by atoms with van der Waals surface area (Å²) < 4.78 is 0. The summed E-state index contributed by atoms with van der Waals surface area (Å²) in [6.45, 7) is 3.76. The third kappa shape index (κ3) is 2.17. The normalized spacial score (nSPS) is 34.5. The minimum atomic E-state index is -0.620. The molecule has 3 heteroatoms. The lowest BCUT2D eigenvalue weighted by Gasteiger charge is -2.40. The molecule has 0 radical (unpaired) electrons. The highest BCUT2D eigenvalue weighted by molar-refractivity contribution is 5.74. The molecule has 1 aliphatic carbocycles. The van der Waals surface area contributed by atoms with E-state index in [4.69, 9.17) is 0 Å². The van der Waals surface area contributed by atoms with Crippen molar-refractivity contribution in [3.63, 3.8) is 0 Å². The molecule has 1 N–H and O–H groups in total. The van der Waals surface area contributed by atoms with Crippen LogP contribution in [0, 0.1) is 5.41 Å². The molecule has 1 unspecified atom stereocenters. The van der Waals surface area contributed by atoms with Gasteiger partial charge in [-0.1, -0.05) is 12.8 Å². The third-order valence-corrected chi connectivity index (χ3v) is 4.08. The summed E-state index contributed by atoms with van der Waals surface area (Å²) in [6, 6.07) is 0.670. The molecule has 2 fully saturated rings. The maximum atomic E-state index is 11.2. The molecule has 1 heterocycles. The molecule has 0 bridgehead atoms. The lowest BCUT2D eigenvalue weighted by molar-refractivity contribution is -0.151. The summed E-state index contributed by atoms with van der Waals surface area (Å²) in [5.74, 6) is -0.620. The number of hydrogen-bond donors (Lipinski definition) is 1. The van der Waals surface area contributed by atoms with Crippen LogP contribution in [0.15, 0.2) is 0 Å².